The largest absolute Gasteiger partial charge is 0.424 e. The summed E-state index contributed by atoms with van der Waals surface area (Å²) in [5.41, 5.74) is -0.471. The SMILES string of the molecule is CC(C)(CCC1COCCC1(C#N)c1ccccc1F)[Si](O)(c1ccccc1)c1ccccc1. The highest BCUT2D eigenvalue weighted by Crippen LogP contribution is 2.47. The average molecular weight is 474 g/mol. The van der Waals surface area contributed by atoms with Crippen molar-refractivity contribution < 1.29 is 13.9 Å². The summed E-state index contributed by atoms with van der Waals surface area (Å²) < 4.78 is 20.7. The Morgan fingerprint density at radius 1 is 1.00 bits per heavy atom. The van der Waals surface area contributed by atoms with Crippen LogP contribution in [0.1, 0.15) is 38.7 Å². The number of benzene rings is 3. The lowest BCUT2D eigenvalue weighted by molar-refractivity contribution is 0.0115. The van der Waals surface area contributed by atoms with Crippen molar-refractivity contribution in [1.29, 1.82) is 5.26 Å². The Labute approximate surface area is 203 Å². The van der Waals surface area contributed by atoms with Crippen molar-refractivity contribution >= 4 is 18.7 Å². The van der Waals surface area contributed by atoms with E-state index in [1.54, 1.807) is 18.2 Å². The zero-order valence-electron chi connectivity index (χ0n) is 19.9. The van der Waals surface area contributed by atoms with Crippen molar-refractivity contribution in [2.24, 2.45) is 5.92 Å². The molecule has 1 aliphatic heterocycles. The number of halogens is 1. The van der Waals surface area contributed by atoms with Gasteiger partial charge in [0.2, 0.25) is 0 Å². The molecule has 0 saturated carbocycles. The summed E-state index contributed by atoms with van der Waals surface area (Å²) in [6.45, 7) is 5.10. The molecule has 5 heteroatoms. The van der Waals surface area contributed by atoms with Crippen molar-refractivity contribution in [2.75, 3.05) is 13.2 Å². The number of nitriles is 1. The second-order valence-electron chi connectivity index (χ2n) is 9.95. The van der Waals surface area contributed by atoms with Crippen LogP contribution in [0.25, 0.3) is 0 Å². The first-order chi connectivity index (χ1) is 16.3. The van der Waals surface area contributed by atoms with E-state index in [0.29, 0.717) is 38.0 Å². The maximum absolute atomic E-state index is 14.9. The van der Waals surface area contributed by atoms with E-state index in [1.807, 2.05) is 60.7 Å². The number of hydrogen-bond acceptors (Lipinski definition) is 3. The molecule has 0 aromatic heterocycles. The summed E-state index contributed by atoms with van der Waals surface area (Å²) in [7, 11) is -3.16. The minimum atomic E-state index is -3.16. The van der Waals surface area contributed by atoms with E-state index in [9.17, 15) is 14.4 Å². The smallest absolute Gasteiger partial charge is 0.258 e. The van der Waals surface area contributed by atoms with Crippen LogP contribution in [-0.2, 0) is 10.2 Å². The summed E-state index contributed by atoms with van der Waals surface area (Å²) in [5.74, 6) is -0.498. The molecule has 176 valence electrons. The summed E-state index contributed by atoms with van der Waals surface area (Å²) in [6.07, 6.45) is 1.81. The molecule has 34 heavy (non-hydrogen) atoms. The minimum Gasteiger partial charge on any atom is -0.424 e. The number of ether oxygens (including phenoxy) is 1. The molecule has 1 saturated heterocycles. The number of rotatable bonds is 7. The van der Waals surface area contributed by atoms with Gasteiger partial charge < -0.3 is 9.53 Å². The van der Waals surface area contributed by atoms with E-state index in [0.717, 1.165) is 10.4 Å². The monoisotopic (exact) mass is 473 g/mol. The molecule has 3 nitrogen and oxygen atoms in total. The predicted octanol–water partition coefficient (Wildman–Crippen LogP) is 4.94. The number of nitrogens with zero attached hydrogens (tertiary/aromatic N) is 1. The molecule has 2 atom stereocenters. The molecule has 1 N–H and O–H groups in total. The maximum Gasteiger partial charge on any atom is 0.258 e. The fourth-order valence-electron chi connectivity index (χ4n) is 5.54. The third kappa shape index (κ3) is 4.22. The summed E-state index contributed by atoms with van der Waals surface area (Å²) in [6, 6.07) is 29.0. The van der Waals surface area contributed by atoms with E-state index in [2.05, 4.69) is 19.9 Å². The van der Waals surface area contributed by atoms with Gasteiger partial charge >= 0.3 is 0 Å². The van der Waals surface area contributed by atoms with Gasteiger partial charge in [0, 0.05) is 18.1 Å². The van der Waals surface area contributed by atoms with Crippen LogP contribution in [0, 0.1) is 23.1 Å². The van der Waals surface area contributed by atoms with E-state index < -0.39 is 18.8 Å². The lowest BCUT2D eigenvalue weighted by Gasteiger charge is -2.44. The summed E-state index contributed by atoms with van der Waals surface area (Å²) in [5, 5.41) is 11.8. The van der Waals surface area contributed by atoms with Crippen molar-refractivity contribution in [3.63, 3.8) is 0 Å². The molecular weight excluding hydrogens is 441 g/mol. The van der Waals surface area contributed by atoms with Gasteiger partial charge in [0.25, 0.3) is 8.32 Å². The Morgan fingerprint density at radius 2 is 1.56 bits per heavy atom. The van der Waals surface area contributed by atoms with E-state index in [-0.39, 0.29) is 11.7 Å². The first kappa shape index (κ1) is 24.3. The van der Waals surface area contributed by atoms with Crippen LogP contribution in [-0.4, -0.2) is 26.3 Å². The Hall–Kier alpha value is -2.78. The minimum absolute atomic E-state index is 0.160. The van der Waals surface area contributed by atoms with Gasteiger partial charge in [0.1, 0.15) is 5.82 Å². The highest BCUT2D eigenvalue weighted by atomic mass is 28.4. The van der Waals surface area contributed by atoms with Gasteiger partial charge in [-0.1, -0.05) is 92.7 Å². The first-order valence-corrected chi connectivity index (χ1v) is 13.9. The standard InChI is InChI=1S/C29H32FNO2Si/c1-28(2,34(32,24-11-5-3-6-12-24)25-13-7-4-8-14-25)18-17-23-21-33-20-19-29(23,22-31)26-15-9-10-16-27(26)30/h3-16,23,32H,17-21H2,1-2H3. The molecule has 0 bridgehead atoms. The predicted molar refractivity (Wildman–Crippen MR) is 136 cm³/mol. The normalized spacial score (nSPS) is 21.1. The molecule has 0 amide bonds. The van der Waals surface area contributed by atoms with Gasteiger partial charge in [0.05, 0.1) is 18.1 Å². The molecule has 3 aromatic rings. The molecule has 1 fully saturated rings. The quantitative estimate of drug-likeness (QED) is 0.495. The molecule has 3 aromatic carbocycles. The van der Waals surface area contributed by atoms with Crippen molar-refractivity contribution in [2.45, 2.75) is 43.6 Å². The Balaban J connectivity index is 1.69. The zero-order valence-corrected chi connectivity index (χ0v) is 20.9. The molecule has 0 spiro atoms. The van der Waals surface area contributed by atoms with Gasteiger partial charge in [-0.3, -0.25) is 0 Å². The molecule has 2 unspecified atom stereocenters. The van der Waals surface area contributed by atoms with Crippen LogP contribution < -0.4 is 10.4 Å². The van der Waals surface area contributed by atoms with Crippen LogP contribution in [0.15, 0.2) is 84.9 Å². The molecule has 0 radical (unpaired) electrons. The van der Waals surface area contributed by atoms with Crippen LogP contribution in [0.2, 0.25) is 5.04 Å². The lowest BCUT2D eigenvalue weighted by atomic mass is 9.66. The van der Waals surface area contributed by atoms with Gasteiger partial charge in [-0.15, -0.1) is 0 Å². The molecule has 4 rings (SSSR count). The Bertz CT molecular complexity index is 1110. The van der Waals surface area contributed by atoms with Gasteiger partial charge in [0.15, 0.2) is 0 Å². The topological polar surface area (TPSA) is 53.2 Å². The van der Waals surface area contributed by atoms with E-state index >= 15 is 0 Å². The molecule has 1 aliphatic rings. The Kier molecular flexibility index (Phi) is 7.04. The third-order valence-corrected chi connectivity index (χ3v) is 12.2. The van der Waals surface area contributed by atoms with Crippen molar-refractivity contribution in [1.82, 2.24) is 0 Å². The van der Waals surface area contributed by atoms with Crippen molar-refractivity contribution in [3.8, 4) is 6.07 Å². The lowest BCUT2D eigenvalue weighted by Crippen LogP contribution is -2.65. The summed E-state index contributed by atoms with van der Waals surface area (Å²) in [4.78, 5) is 12.4. The number of hydrogen-bond donors (Lipinski definition) is 1. The second kappa shape index (κ2) is 9.83. The van der Waals surface area contributed by atoms with Gasteiger partial charge in [-0.2, -0.15) is 5.26 Å². The Morgan fingerprint density at radius 3 is 2.12 bits per heavy atom. The highest BCUT2D eigenvalue weighted by Gasteiger charge is 2.51. The highest BCUT2D eigenvalue weighted by molar-refractivity contribution is 6.98. The second-order valence-corrected chi connectivity index (χ2v) is 13.9. The van der Waals surface area contributed by atoms with Crippen LogP contribution in [0.3, 0.4) is 0 Å². The van der Waals surface area contributed by atoms with Gasteiger partial charge in [-0.25, -0.2) is 4.39 Å². The maximum atomic E-state index is 14.9. The molecule has 0 aliphatic carbocycles. The molecular formula is C29H32FNO2Si. The van der Waals surface area contributed by atoms with Crippen LogP contribution in [0.5, 0.6) is 0 Å². The summed E-state index contributed by atoms with van der Waals surface area (Å²) >= 11 is 0. The molecule has 1 heterocycles. The first-order valence-electron chi connectivity index (χ1n) is 11.9. The van der Waals surface area contributed by atoms with Crippen LogP contribution >= 0.6 is 0 Å². The fourth-order valence-corrected chi connectivity index (χ4v) is 9.29. The van der Waals surface area contributed by atoms with E-state index in [4.69, 9.17) is 4.74 Å². The fraction of sp³-hybridized carbons (Fsp3) is 0.345. The van der Waals surface area contributed by atoms with Crippen molar-refractivity contribution in [3.05, 3.63) is 96.3 Å². The van der Waals surface area contributed by atoms with Gasteiger partial charge in [-0.05, 0) is 40.7 Å². The third-order valence-electron chi connectivity index (χ3n) is 7.69. The average Bonchev–Trinajstić information content (AvgIpc) is 2.88. The van der Waals surface area contributed by atoms with Crippen LogP contribution in [0.4, 0.5) is 4.39 Å². The van der Waals surface area contributed by atoms with E-state index in [1.165, 1.54) is 6.07 Å². The zero-order chi connectivity index (χ0) is 24.2.